The Balaban J connectivity index is 1.85. The van der Waals surface area contributed by atoms with Crippen LogP contribution in [-0.4, -0.2) is 53.6 Å². The molecule has 94 valence electrons. The van der Waals surface area contributed by atoms with Gasteiger partial charge in [0.05, 0.1) is 6.54 Å². The molecule has 2 fully saturated rings. The van der Waals surface area contributed by atoms with E-state index in [0.717, 1.165) is 0 Å². The fraction of sp³-hybridized carbons (Fsp3) is 0.750. The van der Waals surface area contributed by atoms with Gasteiger partial charge in [-0.2, -0.15) is 0 Å². The quantitative estimate of drug-likeness (QED) is 0.683. The number of amides is 2. The van der Waals surface area contributed by atoms with E-state index in [1.165, 1.54) is 0 Å². The van der Waals surface area contributed by atoms with Crippen LogP contribution >= 0.6 is 0 Å². The average molecular weight is 238 g/mol. The highest BCUT2D eigenvalue weighted by Gasteiger charge is 2.30. The first kappa shape index (κ1) is 12.1. The van der Waals surface area contributed by atoms with Crippen LogP contribution < -0.4 is 0 Å². The van der Waals surface area contributed by atoms with E-state index in [1.807, 2.05) is 6.92 Å². The molecule has 0 saturated carbocycles. The Labute approximate surface area is 101 Å². The highest BCUT2D eigenvalue weighted by molar-refractivity contribution is 5.87. The second-order valence-electron chi connectivity index (χ2n) is 5.00. The molecule has 1 atom stereocenters. The number of ketones is 1. The van der Waals surface area contributed by atoms with Crippen molar-refractivity contribution in [1.82, 2.24) is 9.80 Å². The van der Waals surface area contributed by atoms with Gasteiger partial charge in [0.25, 0.3) is 0 Å². The van der Waals surface area contributed by atoms with Gasteiger partial charge in [0.15, 0.2) is 0 Å². The number of hydrogen-bond donors (Lipinski definition) is 0. The third-order valence-electron chi connectivity index (χ3n) is 3.41. The summed E-state index contributed by atoms with van der Waals surface area (Å²) < 4.78 is 0. The summed E-state index contributed by atoms with van der Waals surface area (Å²) in [6.45, 7) is 3.89. The zero-order valence-electron chi connectivity index (χ0n) is 10.1. The van der Waals surface area contributed by atoms with Crippen LogP contribution in [0.3, 0.4) is 0 Å². The van der Waals surface area contributed by atoms with E-state index in [-0.39, 0.29) is 24.1 Å². The molecule has 2 amide bonds. The predicted octanol–water partition coefficient (Wildman–Crippen LogP) is 0.0463. The van der Waals surface area contributed by atoms with Gasteiger partial charge in [0.2, 0.25) is 11.8 Å². The Kier molecular flexibility index (Phi) is 3.45. The van der Waals surface area contributed by atoms with Crippen molar-refractivity contribution in [2.45, 2.75) is 26.2 Å². The smallest absolute Gasteiger partial charge is 0.242 e. The maximum atomic E-state index is 11.9. The molecule has 2 rings (SSSR count). The summed E-state index contributed by atoms with van der Waals surface area (Å²) in [6.07, 6.45) is 1.46. The summed E-state index contributed by atoms with van der Waals surface area (Å²) in [6, 6.07) is 0. The second kappa shape index (κ2) is 4.85. The fourth-order valence-corrected chi connectivity index (χ4v) is 2.39. The molecule has 0 aromatic rings. The third kappa shape index (κ3) is 2.84. The molecule has 5 nitrogen and oxygen atoms in total. The first-order valence-electron chi connectivity index (χ1n) is 6.13. The molecule has 2 saturated heterocycles. The predicted molar refractivity (Wildman–Crippen MR) is 61.2 cm³/mol. The van der Waals surface area contributed by atoms with Gasteiger partial charge in [-0.25, -0.2) is 0 Å². The minimum Gasteiger partial charge on any atom is -0.340 e. The molecular formula is C12H18N2O3. The van der Waals surface area contributed by atoms with Crippen molar-refractivity contribution in [2.75, 3.05) is 26.2 Å². The Bertz CT molecular complexity index is 344. The number of likely N-dealkylation sites (tertiary alicyclic amines) is 2. The van der Waals surface area contributed by atoms with Crippen LogP contribution in [0.15, 0.2) is 0 Å². The van der Waals surface area contributed by atoms with Crippen LogP contribution in [0.5, 0.6) is 0 Å². The number of hydrogen-bond acceptors (Lipinski definition) is 3. The summed E-state index contributed by atoms with van der Waals surface area (Å²) in [4.78, 5) is 37.9. The van der Waals surface area contributed by atoms with E-state index in [2.05, 4.69) is 0 Å². The molecule has 0 spiro atoms. The summed E-state index contributed by atoms with van der Waals surface area (Å²) in [5.74, 6) is 0.608. The normalized spacial score (nSPS) is 25.6. The van der Waals surface area contributed by atoms with E-state index < -0.39 is 0 Å². The molecule has 0 N–H and O–H groups in total. The minimum atomic E-state index is -0.0278. The monoisotopic (exact) mass is 238 g/mol. The van der Waals surface area contributed by atoms with Crippen molar-refractivity contribution in [3.8, 4) is 0 Å². The van der Waals surface area contributed by atoms with E-state index in [9.17, 15) is 14.4 Å². The molecule has 0 aromatic carbocycles. The first-order chi connectivity index (χ1) is 8.06. The van der Waals surface area contributed by atoms with Gasteiger partial charge in [0, 0.05) is 38.9 Å². The van der Waals surface area contributed by atoms with Gasteiger partial charge < -0.3 is 9.80 Å². The van der Waals surface area contributed by atoms with Crippen LogP contribution in [0, 0.1) is 5.92 Å². The summed E-state index contributed by atoms with van der Waals surface area (Å²) in [7, 11) is 0. The van der Waals surface area contributed by atoms with Gasteiger partial charge in [-0.1, -0.05) is 6.92 Å². The van der Waals surface area contributed by atoms with Crippen molar-refractivity contribution in [2.24, 2.45) is 5.92 Å². The fourth-order valence-electron chi connectivity index (χ4n) is 2.39. The number of rotatable bonds is 2. The van der Waals surface area contributed by atoms with E-state index >= 15 is 0 Å². The SMILES string of the molecule is CC1CC(=O)N(CC(=O)N2CCC(=O)CC2)C1. The molecule has 0 radical (unpaired) electrons. The molecule has 2 aliphatic rings. The van der Waals surface area contributed by atoms with Crippen molar-refractivity contribution in [1.29, 1.82) is 0 Å². The number of carbonyl (C=O) groups excluding carboxylic acids is 3. The molecule has 2 aliphatic heterocycles. The van der Waals surface area contributed by atoms with E-state index in [0.29, 0.717) is 44.8 Å². The van der Waals surface area contributed by atoms with Crippen LogP contribution in [0.1, 0.15) is 26.2 Å². The maximum Gasteiger partial charge on any atom is 0.242 e. The van der Waals surface area contributed by atoms with Crippen LogP contribution in [0.25, 0.3) is 0 Å². The largest absolute Gasteiger partial charge is 0.340 e. The van der Waals surface area contributed by atoms with E-state index in [4.69, 9.17) is 0 Å². The Morgan fingerprint density at radius 2 is 1.94 bits per heavy atom. The molecule has 17 heavy (non-hydrogen) atoms. The summed E-state index contributed by atoms with van der Waals surface area (Å²) in [5, 5.41) is 0. The number of nitrogens with zero attached hydrogens (tertiary/aromatic N) is 2. The number of piperidine rings is 1. The van der Waals surface area contributed by atoms with E-state index in [1.54, 1.807) is 9.80 Å². The van der Waals surface area contributed by atoms with Crippen LogP contribution in [0.4, 0.5) is 0 Å². The molecular weight excluding hydrogens is 220 g/mol. The van der Waals surface area contributed by atoms with Gasteiger partial charge in [-0.15, -0.1) is 0 Å². The Morgan fingerprint density at radius 3 is 2.47 bits per heavy atom. The van der Waals surface area contributed by atoms with Crippen molar-refractivity contribution in [3.05, 3.63) is 0 Å². The first-order valence-corrected chi connectivity index (χ1v) is 6.13. The standard InChI is InChI=1S/C12H18N2O3/c1-9-6-11(16)14(7-9)8-12(17)13-4-2-10(15)3-5-13/h9H,2-8H2,1H3. The van der Waals surface area contributed by atoms with Crippen molar-refractivity contribution in [3.63, 3.8) is 0 Å². The minimum absolute atomic E-state index is 0.0278. The second-order valence-corrected chi connectivity index (χ2v) is 5.00. The molecule has 2 heterocycles. The Morgan fingerprint density at radius 1 is 1.29 bits per heavy atom. The molecule has 1 unspecified atom stereocenters. The highest BCUT2D eigenvalue weighted by atomic mass is 16.2. The summed E-state index contributed by atoms with van der Waals surface area (Å²) in [5.41, 5.74) is 0. The topological polar surface area (TPSA) is 57.7 Å². The van der Waals surface area contributed by atoms with Crippen LogP contribution in [0.2, 0.25) is 0 Å². The average Bonchev–Trinajstić information content (AvgIpc) is 2.58. The third-order valence-corrected chi connectivity index (χ3v) is 3.41. The van der Waals surface area contributed by atoms with Gasteiger partial charge in [0.1, 0.15) is 5.78 Å². The molecule has 0 bridgehead atoms. The van der Waals surface area contributed by atoms with Gasteiger partial charge in [-0.3, -0.25) is 14.4 Å². The lowest BCUT2D eigenvalue weighted by Gasteiger charge is -2.28. The number of Topliss-reactive ketones (excluding diaryl/α,β-unsaturated/α-hetero) is 1. The van der Waals surface area contributed by atoms with Crippen molar-refractivity contribution < 1.29 is 14.4 Å². The zero-order chi connectivity index (χ0) is 12.4. The Hall–Kier alpha value is -1.39. The lowest BCUT2D eigenvalue weighted by atomic mass is 10.1. The van der Waals surface area contributed by atoms with Crippen molar-refractivity contribution >= 4 is 17.6 Å². The van der Waals surface area contributed by atoms with Gasteiger partial charge in [-0.05, 0) is 5.92 Å². The van der Waals surface area contributed by atoms with Crippen LogP contribution in [-0.2, 0) is 14.4 Å². The molecule has 5 heteroatoms. The molecule has 0 aromatic heterocycles. The maximum absolute atomic E-state index is 11.9. The summed E-state index contributed by atoms with van der Waals surface area (Å²) >= 11 is 0. The lowest BCUT2D eigenvalue weighted by molar-refractivity contribution is -0.140. The highest BCUT2D eigenvalue weighted by Crippen LogP contribution is 2.17. The lowest BCUT2D eigenvalue weighted by Crippen LogP contribution is -2.44. The zero-order valence-corrected chi connectivity index (χ0v) is 10.1. The molecule has 0 aliphatic carbocycles. The number of carbonyl (C=O) groups is 3. The van der Waals surface area contributed by atoms with Gasteiger partial charge >= 0.3 is 0 Å².